The van der Waals surface area contributed by atoms with Crippen LogP contribution in [-0.4, -0.2) is 42.9 Å². The van der Waals surface area contributed by atoms with Gasteiger partial charge in [-0.1, -0.05) is 26.7 Å². The maximum Gasteiger partial charge on any atom is 0.0785 e. The van der Waals surface area contributed by atoms with E-state index in [0.717, 1.165) is 6.42 Å². The number of hydrogen-bond acceptors (Lipinski definition) is 1. The summed E-state index contributed by atoms with van der Waals surface area (Å²) in [5.74, 6) is 0. The number of hydrogen-bond donors (Lipinski definition) is 1. The van der Waals surface area contributed by atoms with Gasteiger partial charge in [0.05, 0.1) is 26.7 Å². The van der Waals surface area contributed by atoms with E-state index >= 15 is 0 Å². The zero-order valence-corrected chi connectivity index (χ0v) is 11.0. The van der Waals surface area contributed by atoms with Crippen LogP contribution in [0, 0.1) is 0 Å². The van der Waals surface area contributed by atoms with E-state index in [2.05, 4.69) is 20.9 Å². The monoisotopic (exact) mass is 216 g/mol. The predicted molar refractivity (Wildman–Crippen MR) is 66.9 cm³/mol. The highest BCUT2D eigenvalue weighted by molar-refractivity contribution is 4.45. The Hall–Kier alpha value is -0.0800. The molecule has 0 spiro atoms. The van der Waals surface area contributed by atoms with Crippen LogP contribution in [0.15, 0.2) is 0 Å². The SMILES string of the molecule is CCCC[N+](C)(CCCC)CCCCO. The minimum atomic E-state index is 0.349. The largest absolute Gasteiger partial charge is 0.396 e. The zero-order chi connectivity index (χ0) is 11.6. The fourth-order valence-electron chi connectivity index (χ4n) is 2.02. The molecule has 1 N–H and O–H groups in total. The molecule has 0 bridgehead atoms. The molecule has 0 aromatic rings. The second-order valence-electron chi connectivity index (χ2n) is 4.93. The van der Waals surface area contributed by atoms with Crippen LogP contribution < -0.4 is 0 Å². The van der Waals surface area contributed by atoms with Gasteiger partial charge in [-0.15, -0.1) is 0 Å². The third kappa shape index (κ3) is 7.80. The summed E-state index contributed by atoms with van der Waals surface area (Å²) in [6.07, 6.45) is 7.38. The molecule has 0 aromatic carbocycles. The fraction of sp³-hybridized carbons (Fsp3) is 1.00. The summed E-state index contributed by atoms with van der Waals surface area (Å²) in [6.45, 7) is 8.72. The Kier molecular flexibility index (Phi) is 9.12. The smallest absolute Gasteiger partial charge is 0.0785 e. The van der Waals surface area contributed by atoms with Crippen LogP contribution in [0.5, 0.6) is 0 Å². The van der Waals surface area contributed by atoms with Gasteiger partial charge in [0.25, 0.3) is 0 Å². The Bertz CT molecular complexity index is 128. The lowest BCUT2D eigenvalue weighted by atomic mass is 10.2. The Morgan fingerprint density at radius 2 is 1.27 bits per heavy atom. The molecule has 92 valence electrons. The van der Waals surface area contributed by atoms with E-state index in [1.807, 2.05) is 0 Å². The van der Waals surface area contributed by atoms with E-state index in [-0.39, 0.29) is 0 Å². The van der Waals surface area contributed by atoms with Crippen molar-refractivity contribution >= 4 is 0 Å². The number of nitrogens with zero attached hydrogens (tertiary/aromatic N) is 1. The van der Waals surface area contributed by atoms with E-state index in [1.54, 1.807) is 0 Å². The van der Waals surface area contributed by atoms with Gasteiger partial charge in [0.15, 0.2) is 0 Å². The highest BCUT2D eigenvalue weighted by atomic mass is 16.2. The third-order valence-corrected chi connectivity index (χ3v) is 3.21. The van der Waals surface area contributed by atoms with Crippen molar-refractivity contribution in [2.24, 2.45) is 0 Å². The summed E-state index contributed by atoms with van der Waals surface area (Å²) < 4.78 is 1.21. The summed E-state index contributed by atoms with van der Waals surface area (Å²) in [7, 11) is 2.38. The van der Waals surface area contributed by atoms with Gasteiger partial charge in [0.1, 0.15) is 0 Å². The van der Waals surface area contributed by atoms with Gasteiger partial charge in [-0.3, -0.25) is 0 Å². The normalized spacial score (nSPS) is 12.0. The van der Waals surface area contributed by atoms with Crippen LogP contribution in [0.3, 0.4) is 0 Å². The molecule has 0 rings (SSSR count). The summed E-state index contributed by atoms with van der Waals surface area (Å²) in [4.78, 5) is 0. The van der Waals surface area contributed by atoms with E-state index in [0.29, 0.717) is 6.61 Å². The van der Waals surface area contributed by atoms with Crippen LogP contribution in [0.1, 0.15) is 52.4 Å². The lowest BCUT2D eigenvalue weighted by Crippen LogP contribution is -2.46. The van der Waals surface area contributed by atoms with Crippen molar-refractivity contribution in [2.45, 2.75) is 52.4 Å². The Morgan fingerprint density at radius 3 is 1.67 bits per heavy atom. The minimum absolute atomic E-state index is 0.349. The molecule has 0 unspecified atom stereocenters. The van der Waals surface area contributed by atoms with Crippen LogP contribution in [0.4, 0.5) is 0 Å². The quantitative estimate of drug-likeness (QED) is 0.440. The molecule has 0 aliphatic carbocycles. The van der Waals surface area contributed by atoms with Crippen molar-refractivity contribution in [3.63, 3.8) is 0 Å². The minimum Gasteiger partial charge on any atom is -0.396 e. The van der Waals surface area contributed by atoms with E-state index in [4.69, 9.17) is 5.11 Å². The van der Waals surface area contributed by atoms with Crippen LogP contribution in [0.25, 0.3) is 0 Å². The van der Waals surface area contributed by atoms with Gasteiger partial charge < -0.3 is 9.59 Å². The van der Waals surface area contributed by atoms with Crippen molar-refractivity contribution in [2.75, 3.05) is 33.3 Å². The highest BCUT2D eigenvalue weighted by Gasteiger charge is 2.19. The van der Waals surface area contributed by atoms with E-state index in [1.165, 1.54) is 56.2 Å². The molecule has 0 saturated heterocycles. The van der Waals surface area contributed by atoms with Crippen LogP contribution in [-0.2, 0) is 0 Å². The van der Waals surface area contributed by atoms with Gasteiger partial charge >= 0.3 is 0 Å². The lowest BCUT2D eigenvalue weighted by molar-refractivity contribution is -0.910. The topological polar surface area (TPSA) is 20.2 Å². The van der Waals surface area contributed by atoms with Gasteiger partial charge in [-0.05, 0) is 25.7 Å². The Morgan fingerprint density at radius 1 is 0.800 bits per heavy atom. The molecule has 0 heterocycles. The van der Waals surface area contributed by atoms with Gasteiger partial charge in [0, 0.05) is 6.61 Å². The summed E-state index contributed by atoms with van der Waals surface area (Å²) in [6, 6.07) is 0. The summed E-state index contributed by atoms with van der Waals surface area (Å²) >= 11 is 0. The second-order valence-corrected chi connectivity index (χ2v) is 4.93. The van der Waals surface area contributed by atoms with Gasteiger partial charge in [-0.2, -0.15) is 0 Å². The maximum atomic E-state index is 8.81. The molecule has 0 atom stereocenters. The van der Waals surface area contributed by atoms with Crippen molar-refractivity contribution in [1.29, 1.82) is 0 Å². The molecule has 0 saturated carbocycles. The standard InChI is InChI=1S/C13H30NO/c1-4-6-10-14(3,11-7-5-2)12-8-9-13-15/h15H,4-13H2,1-3H3/q+1. The predicted octanol–water partition coefficient (Wildman–Crippen LogP) is 2.81. The lowest BCUT2D eigenvalue weighted by Gasteiger charge is -2.34. The first-order valence-electron chi connectivity index (χ1n) is 6.63. The number of unbranched alkanes of at least 4 members (excludes halogenated alkanes) is 3. The molecule has 2 heteroatoms. The van der Waals surface area contributed by atoms with Gasteiger partial charge in [0.2, 0.25) is 0 Å². The first-order chi connectivity index (χ1) is 7.18. The number of aliphatic hydroxyl groups excluding tert-OH is 1. The average molecular weight is 216 g/mol. The first-order valence-corrected chi connectivity index (χ1v) is 6.63. The zero-order valence-electron chi connectivity index (χ0n) is 11.0. The van der Waals surface area contributed by atoms with Crippen LogP contribution in [0.2, 0.25) is 0 Å². The van der Waals surface area contributed by atoms with Crippen molar-refractivity contribution < 1.29 is 9.59 Å². The molecular weight excluding hydrogens is 186 g/mol. The average Bonchev–Trinajstić information content (AvgIpc) is 2.24. The van der Waals surface area contributed by atoms with Crippen molar-refractivity contribution in [1.82, 2.24) is 0 Å². The Labute approximate surface area is 95.9 Å². The summed E-state index contributed by atoms with van der Waals surface area (Å²) in [5.41, 5.74) is 0. The Balaban J connectivity index is 3.89. The van der Waals surface area contributed by atoms with Gasteiger partial charge in [-0.25, -0.2) is 0 Å². The molecule has 0 radical (unpaired) electrons. The van der Waals surface area contributed by atoms with E-state index < -0.39 is 0 Å². The first kappa shape index (κ1) is 14.9. The van der Waals surface area contributed by atoms with E-state index in [9.17, 15) is 0 Å². The number of aliphatic hydroxyl groups is 1. The molecule has 15 heavy (non-hydrogen) atoms. The number of quaternary nitrogens is 1. The fourth-order valence-corrected chi connectivity index (χ4v) is 2.02. The molecule has 0 aliphatic heterocycles. The summed E-state index contributed by atoms with van der Waals surface area (Å²) in [5, 5.41) is 8.81. The molecular formula is C13H30NO+. The molecule has 2 nitrogen and oxygen atoms in total. The number of rotatable bonds is 10. The highest BCUT2D eigenvalue weighted by Crippen LogP contribution is 2.10. The third-order valence-electron chi connectivity index (χ3n) is 3.21. The molecule has 0 amide bonds. The van der Waals surface area contributed by atoms with Crippen molar-refractivity contribution in [3.05, 3.63) is 0 Å². The maximum absolute atomic E-state index is 8.81. The van der Waals surface area contributed by atoms with Crippen LogP contribution >= 0.6 is 0 Å². The second kappa shape index (κ2) is 9.17. The molecule has 0 aliphatic rings. The molecule has 0 fully saturated rings. The molecule has 0 aromatic heterocycles. The van der Waals surface area contributed by atoms with Crippen molar-refractivity contribution in [3.8, 4) is 0 Å².